The van der Waals surface area contributed by atoms with Crippen molar-refractivity contribution in [3.63, 3.8) is 0 Å². The molecule has 0 aliphatic heterocycles. The number of methoxy groups -OCH3 is 1. The smallest absolute Gasteiger partial charge is 0.308 e. The molecule has 2 rings (SSSR count). The van der Waals surface area contributed by atoms with Crippen LogP contribution in [0.1, 0.15) is 31.2 Å². The number of carbonyl (C=O) groups excluding carboxylic acids is 1. The fraction of sp³-hybridized carbons (Fsp3) is 0.467. The molecule has 20 heavy (non-hydrogen) atoms. The summed E-state index contributed by atoms with van der Waals surface area (Å²) in [6.45, 7) is 0. The average molecular weight is 280 g/mol. The maximum Gasteiger partial charge on any atom is 0.308 e. The third-order valence-electron chi connectivity index (χ3n) is 3.97. The minimum absolute atomic E-state index is 0.0640. The van der Waals surface area contributed by atoms with Gasteiger partial charge >= 0.3 is 5.97 Å². The Kier molecular flexibility index (Phi) is 4.37. The number of benzene rings is 1. The predicted octanol–water partition coefficient (Wildman–Crippen LogP) is 1.06. The van der Waals surface area contributed by atoms with E-state index in [4.69, 9.17) is 10.1 Å². The van der Waals surface area contributed by atoms with Gasteiger partial charge in [0, 0.05) is 12.0 Å². The molecule has 0 radical (unpaired) electrons. The van der Waals surface area contributed by atoms with Gasteiger partial charge in [-0.1, -0.05) is 0 Å². The number of hydrogen-bond donors (Lipinski definition) is 2. The van der Waals surface area contributed by atoms with Crippen LogP contribution in [0.4, 0.5) is 4.39 Å². The molecule has 0 aromatic heterocycles. The lowest BCUT2D eigenvalue weighted by Crippen LogP contribution is -2.46. The van der Waals surface area contributed by atoms with Gasteiger partial charge in [0.1, 0.15) is 11.6 Å². The maximum atomic E-state index is 13.0. The number of esters is 1. The number of hydrogen-bond acceptors (Lipinski definition) is 3. The van der Waals surface area contributed by atoms with Gasteiger partial charge in [-0.15, -0.1) is 0 Å². The van der Waals surface area contributed by atoms with Crippen molar-refractivity contribution >= 4 is 11.7 Å². The summed E-state index contributed by atoms with van der Waals surface area (Å²) in [4.78, 5) is 11.5. The predicted molar refractivity (Wildman–Crippen MR) is 71.6 cm³/mol. The number of phenolic OH excluding ortho intramolecular Hbond substituents is 1. The molecule has 0 saturated heterocycles. The Balaban J connectivity index is 2.03. The maximum absolute atomic E-state index is 13.0. The first-order chi connectivity index (χ1) is 9.52. The summed E-state index contributed by atoms with van der Waals surface area (Å²) in [6, 6.07) is 3.83. The van der Waals surface area contributed by atoms with Crippen LogP contribution in [0, 0.1) is 17.7 Å². The van der Waals surface area contributed by atoms with Crippen LogP contribution in [0.25, 0.3) is 0 Å². The Hall–Kier alpha value is -1.91. The van der Waals surface area contributed by atoms with Gasteiger partial charge in [0.05, 0.1) is 18.6 Å². The summed E-state index contributed by atoms with van der Waals surface area (Å²) in [7, 11) is 1.39. The summed E-state index contributed by atoms with van der Waals surface area (Å²) in [5.41, 5.74) is 1.04. The molecule has 1 saturated carbocycles. The molecule has 0 atom stereocenters. The Morgan fingerprint density at radius 3 is 2.45 bits per heavy atom. The molecule has 0 unspecified atom stereocenters. The Morgan fingerprint density at radius 1 is 1.30 bits per heavy atom. The standard InChI is InChI=1S/C15H18FNO3/c1-20-15(19)10-4-2-9(3-5-10)14(17)12-7-6-11(16)8-13(12)18/h6-10,17-18H,2-5H2,1H3/p+1. The van der Waals surface area contributed by atoms with E-state index in [0.29, 0.717) is 11.3 Å². The molecule has 3 N–H and O–H groups in total. The summed E-state index contributed by atoms with van der Waals surface area (Å²) in [5, 5.41) is 15.8. The Bertz CT molecular complexity index is 522. The molecule has 4 nitrogen and oxygen atoms in total. The van der Waals surface area contributed by atoms with Crippen molar-refractivity contribution in [1.82, 2.24) is 0 Å². The third kappa shape index (κ3) is 2.98. The van der Waals surface area contributed by atoms with Gasteiger partial charge in [0.15, 0.2) is 5.71 Å². The van der Waals surface area contributed by atoms with Gasteiger partial charge in [-0.2, -0.15) is 0 Å². The molecule has 0 bridgehead atoms. The van der Waals surface area contributed by atoms with Gasteiger partial charge in [0.2, 0.25) is 0 Å². The minimum atomic E-state index is -0.492. The Labute approximate surface area is 117 Å². The lowest BCUT2D eigenvalue weighted by molar-refractivity contribution is -0.147. The van der Waals surface area contributed by atoms with Crippen molar-refractivity contribution in [3.05, 3.63) is 29.6 Å². The van der Waals surface area contributed by atoms with Crippen molar-refractivity contribution in [3.8, 4) is 5.75 Å². The zero-order chi connectivity index (χ0) is 14.7. The second-order valence-corrected chi connectivity index (χ2v) is 5.19. The molecule has 0 amide bonds. The summed E-state index contributed by atoms with van der Waals surface area (Å²) in [6.07, 6.45) is 2.98. The van der Waals surface area contributed by atoms with Crippen LogP contribution in [-0.4, -0.2) is 23.9 Å². The summed E-state index contributed by atoms with van der Waals surface area (Å²) in [5.74, 6) is -0.768. The van der Waals surface area contributed by atoms with E-state index in [1.807, 2.05) is 0 Å². The molecule has 1 aliphatic carbocycles. The van der Waals surface area contributed by atoms with Crippen molar-refractivity contribution in [2.24, 2.45) is 11.8 Å². The van der Waals surface area contributed by atoms with E-state index in [1.165, 1.54) is 19.2 Å². The van der Waals surface area contributed by atoms with Crippen LogP contribution in [0.3, 0.4) is 0 Å². The molecular formula is C15H19FNO3+. The van der Waals surface area contributed by atoms with E-state index in [9.17, 15) is 14.3 Å². The number of phenols is 1. The SMILES string of the molecule is COC(=O)C1CCC(C(=[NH2+])c2ccc(F)cc2O)CC1. The average Bonchev–Trinajstić information content (AvgIpc) is 2.46. The quantitative estimate of drug-likeness (QED) is 0.642. The molecule has 1 fully saturated rings. The van der Waals surface area contributed by atoms with E-state index in [1.54, 1.807) is 0 Å². The minimum Gasteiger partial charge on any atom is -0.507 e. The van der Waals surface area contributed by atoms with Crippen LogP contribution in [0.15, 0.2) is 18.2 Å². The Morgan fingerprint density at radius 2 is 1.90 bits per heavy atom. The lowest BCUT2D eigenvalue weighted by Gasteiger charge is -2.25. The highest BCUT2D eigenvalue weighted by atomic mass is 19.1. The second kappa shape index (κ2) is 6.03. The van der Waals surface area contributed by atoms with Crippen molar-refractivity contribution in [2.75, 3.05) is 7.11 Å². The lowest BCUT2D eigenvalue weighted by atomic mass is 9.78. The summed E-state index contributed by atoms with van der Waals surface area (Å²) >= 11 is 0. The largest absolute Gasteiger partial charge is 0.507 e. The van der Waals surface area contributed by atoms with Crippen LogP contribution >= 0.6 is 0 Å². The van der Waals surface area contributed by atoms with Gasteiger partial charge in [-0.25, -0.2) is 4.39 Å². The molecule has 1 aromatic rings. The number of carbonyl (C=O) groups is 1. The van der Waals surface area contributed by atoms with Crippen molar-refractivity contribution in [1.29, 1.82) is 0 Å². The number of halogens is 1. The third-order valence-corrected chi connectivity index (χ3v) is 3.97. The van der Waals surface area contributed by atoms with Crippen LogP contribution in [-0.2, 0) is 9.53 Å². The normalized spacial score (nSPS) is 22.3. The fourth-order valence-corrected chi connectivity index (χ4v) is 2.78. The molecular weight excluding hydrogens is 261 g/mol. The van der Waals surface area contributed by atoms with E-state index in [0.717, 1.165) is 31.7 Å². The number of nitrogens with two attached hydrogens (primary N) is 1. The van der Waals surface area contributed by atoms with E-state index >= 15 is 0 Å². The highest BCUT2D eigenvalue weighted by molar-refractivity contribution is 6.00. The van der Waals surface area contributed by atoms with E-state index in [2.05, 4.69) is 0 Å². The molecule has 1 aliphatic rings. The molecule has 0 spiro atoms. The van der Waals surface area contributed by atoms with Crippen molar-refractivity contribution < 1.29 is 24.4 Å². The molecule has 108 valence electrons. The topological polar surface area (TPSA) is 72.1 Å². The number of rotatable bonds is 3. The van der Waals surface area contributed by atoms with Gasteiger partial charge in [0.25, 0.3) is 0 Å². The zero-order valence-electron chi connectivity index (χ0n) is 11.4. The van der Waals surface area contributed by atoms with Gasteiger partial charge < -0.3 is 9.84 Å². The van der Waals surface area contributed by atoms with Gasteiger partial charge in [-0.05, 0) is 37.8 Å². The van der Waals surface area contributed by atoms with E-state index < -0.39 is 5.82 Å². The van der Waals surface area contributed by atoms with E-state index in [-0.39, 0.29) is 23.6 Å². The number of aromatic hydroxyl groups is 1. The van der Waals surface area contributed by atoms with Gasteiger partial charge in [-0.3, -0.25) is 10.2 Å². The second-order valence-electron chi connectivity index (χ2n) is 5.19. The molecule has 1 aromatic carbocycles. The molecule has 0 heterocycles. The highest BCUT2D eigenvalue weighted by Gasteiger charge is 2.32. The monoisotopic (exact) mass is 280 g/mol. The first-order valence-corrected chi connectivity index (χ1v) is 6.72. The zero-order valence-corrected chi connectivity index (χ0v) is 11.4. The fourth-order valence-electron chi connectivity index (χ4n) is 2.78. The van der Waals surface area contributed by atoms with Crippen LogP contribution in [0.5, 0.6) is 5.75 Å². The molecule has 5 heteroatoms. The van der Waals surface area contributed by atoms with Crippen LogP contribution in [0.2, 0.25) is 0 Å². The highest BCUT2D eigenvalue weighted by Crippen LogP contribution is 2.32. The van der Waals surface area contributed by atoms with Crippen molar-refractivity contribution in [2.45, 2.75) is 25.7 Å². The first kappa shape index (κ1) is 14.5. The van der Waals surface area contributed by atoms with Crippen LogP contribution < -0.4 is 5.41 Å². The summed E-state index contributed by atoms with van der Waals surface area (Å²) < 4.78 is 17.7. The first-order valence-electron chi connectivity index (χ1n) is 6.72. The number of ether oxygens (including phenoxy) is 1.